The highest BCUT2D eigenvalue weighted by Gasteiger charge is 2.34. The van der Waals surface area contributed by atoms with Crippen molar-refractivity contribution in [3.63, 3.8) is 0 Å². The van der Waals surface area contributed by atoms with Crippen molar-refractivity contribution in [1.29, 1.82) is 0 Å². The minimum absolute atomic E-state index is 0.199. The van der Waals surface area contributed by atoms with Gasteiger partial charge in [-0.15, -0.1) is 0 Å². The summed E-state index contributed by atoms with van der Waals surface area (Å²) < 4.78 is 36.9. The maximum atomic E-state index is 12.3. The summed E-state index contributed by atoms with van der Waals surface area (Å²) in [5, 5.41) is 0. The van der Waals surface area contributed by atoms with E-state index in [1.165, 1.54) is 17.2 Å². The van der Waals surface area contributed by atoms with E-state index < -0.39 is 24.4 Å². The maximum Gasteiger partial charge on any atom is 0.389 e. The number of piperidine rings is 1. The molecule has 5 nitrogen and oxygen atoms in total. The van der Waals surface area contributed by atoms with Gasteiger partial charge in [0.05, 0.1) is 5.56 Å². The van der Waals surface area contributed by atoms with Gasteiger partial charge in [0.2, 0.25) is 5.91 Å². The Hall–Kier alpha value is -1.99. The molecule has 0 aliphatic carbocycles. The van der Waals surface area contributed by atoms with Crippen molar-refractivity contribution in [2.75, 3.05) is 13.1 Å². The zero-order valence-electron chi connectivity index (χ0n) is 11.2. The maximum absolute atomic E-state index is 12.3. The Morgan fingerprint density at radius 1 is 1.33 bits per heavy atom. The number of nitrogens with two attached hydrogens (primary N) is 1. The Morgan fingerprint density at radius 3 is 2.43 bits per heavy atom. The lowest BCUT2D eigenvalue weighted by atomic mass is 9.93. The summed E-state index contributed by atoms with van der Waals surface area (Å²) in [7, 11) is 0. The number of hydrogen-bond acceptors (Lipinski definition) is 2. The van der Waals surface area contributed by atoms with Gasteiger partial charge in [0, 0.05) is 25.7 Å². The highest BCUT2D eigenvalue weighted by atomic mass is 19.4. The molecule has 2 rings (SSSR count). The van der Waals surface area contributed by atoms with Crippen LogP contribution in [0.15, 0.2) is 12.3 Å². The molecule has 8 heteroatoms. The molecule has 0 aromatic carbocycles. The molecule has 2 amide bonds. The van der Waals surface area contributed by atoms with E-state index in [0.717, 1.165) is 0 Å². The number of halogens is 3. The van der Waals surface area contributed by atoms with E-state index in [0.29, 0.717) is 12.8 Å². The van der Waals surface area contributed by atoms with E-state index in [4.69, 9.17) is 5.73 Å². The molecule has 0 radical (unpaired) electrons. The Labute approximate surface area is 119 Å². The van der Waals surface area contributed by atoms with Crippen LogP contribution in [0.4, 0.5) is 13.2 Å². The van der Waals surface area contributed by atoms with Gasteiger partial charge in [-0.1, -0.05) is 0 Å². The first kappa shape index (κ1) is 15.4. The van der Waals surface area contributed by atoms with Crippen molar-refractivity contribution in [2.45, 2.75) is 25.4 Å². The Balaban J connectivity index is 1.92. The van der Waals surface area contributed by atoms with Gasteiger partial charge in [-0.2, -0.15) is 13.2 Å². The van der Waals surface area contributed by atoms with E-state index in [1.807, 2.05) is 0 Å². The predicted octanol–water partition coefficient (Wildman–Crippen LogP) is 1.92. The molecule has 0 unspecified atom stereocenters. The van der Waals surface area contributed by atoms with Crippen molar-refractivity contribution in [2.24, 2.45) is 11.7 Å². The molecule has 1 aromatic heterocycles. The van der Waals surface area contributed by atoms with E-state index in [1.54, 1.807) is 0 Å². The van der Waals surface area contributed by atoms with Crippen LogP contribution in [0.5, 0.6) is 0 Å². The number of nitrogens with zero attached hydrogens (tertiary/aromatic N) is 1. The standard InChI is InChI=1S/C13H16F3N3O2/c14-13(15,16)6-8-1-3-19(4-2-8)12(21)10-5-9(7-18-10)11(17)20/h5,7-8,18H,1-4,6H2,(H2,17,20). The molecular weight excluding hydrogens is 287 g/mol. The number of aromatic amines is 1. The first-order valence-electron chi connectivity index (χ1n) is 6.60. The molecule has 0 atom stereocenters. The third-order valence-electron chi connectivity index (χ3n) is 3.62. The number of aromatic nitrogens is 1. The van der Waals surface area contributed by atoms with E-state index in [2.05, 4.69) is 4.98 Å². The van der Waals surface area contributed by atoms with Crippen molar-refractivity contribution >= 4 is 11.8 Å². The molecule has 0 spiro atoms. The number of H-pyrrole nitrogens is 1. The number of likely N-dealkylation sites (tertiary alicyclic amines) is 1. The SMILES string of the molecule is NC(=O)c1c[nH]c(C(=O)N2CCC(CC(F)(F)F)CC2)c1. The van der Waals surface area contributed by atoms with Gasteiger partial charge in [0.15, 0.2) is 0 Å². The summed E-state index contributed by atoms with van der Waals surface area (Å²) in [6.45, 7) is 0.564. The third-order valence-corrected chi connectivity index (χ3v) is 3.62. The van der Waals surface area contributed by atoms with Crippen LogP contribution in [-0.2, 0) is 0 Å². The molecule has 21 heavy (non-hydrogen) atoms. The summed E-state index contributed by atoms with van der Waals surface area (Å²) in [6.07, 6.45) is -2.97. The highest BCUT2D eigenvalue weighted by Crippen LogP contribution is 2.31. The van der Waals surface area contributed by atoms with E-state index in [-0.39, 0.29) is 30.3 Å². The smallest absolute Gasteiger partial charge is 0.366 e. The lowest BCUT2D eigenvalue weighted by molar-refractivity contribution is -0.147. The van der Waals surface area contributed by atoms with Crippen LogP contribution < -0.4 is 5.73 Å². The second-order valence-corrected chi connectivity index (χ2v) is 5.22. The molecular formula is C13H16F3N3O2. The predicted molar refractivity (Wildman–Crippen MR) is 68.6 cm³/mol. The second kappa shape index (κ2) is 5.79. The number of nitrogens with one attached hydrogen (secondary N) is 1. The highest BCUT2D eigenvalue weighted by molar-refractivity contribution is 5.98. The van der Waals surface area contributed by atoms with E-state index >= 15 is 0 Å². The zero-order chi connectivity index (χ0) is 15.6. The van der Waals surface area contributed by atoms with Crippen LogP contribution in [0.25, 0.3) is 0 Å². The fourth-order valence-corrected chi connectivity index (χ4v) is 2.50. The summed E-state index contributed by atoms with van der Waals surface area (Å²) in [6, 6.07) is 1.35. The van der Waals surface area contributed by atoms with Gasteiger partial charge in [0.1, 0.15) is 5.69 Å². The topological polar surface area (TPSA) is 79.2 Å². The molecule has 1 aliphatic rings. The minimum Gasteiger partial charge on any atom is -0.366 e. The summed E-state index contributed by atoms with van der Waals surface area (Å²) in [4.78, 5) is 27.3. The summed E-state index contributed by atoms with van der Waals surface area (Å²) in [5.41, 5.74) is 5.51. The first-order chi connectivity index (χ1) is 9.76. The fraction of sp³-hybridized carbons (Fsp3) is 0.538. The third kappa shape index (κ3) is 3.99. The second-order valence-electron chi connectivity index (χ2n) is 5.22. The van der Waals surface area contributed by atoms with Crippen molar-refractivity contribution in [3.05, 3.63) is 23.5 Å². The molecule has 1 saturated heterocycles. The molecule has 1 aromatic rings. The van der Waals surface area contributed by atoms with Crippen LogP contribution >= 0.6 is 0 Å². The number of carbonyl (C=O) groups is 2. The molecule has 1 fully saturated rings. The van der Waals surface area contributed by atoms with Gasteiger partial charge in [-0.05, 0) is 24.8 Å². The lowest BCUT2D eigenvalue weighted by Crippen LogP contribution is -2.39. The van der Waals surface area contributed by atoms with Crippen LogP contribution in [0.3, 0.4) is 0 Å². The van der Waals surface area contributed by atoms with Crippen LogP contribution in [0.2, 0.25) is 0 Å². The summed E-state index contributed by atoms with van der Waals surface area (Å²) >= 11 is 0. The van der Waals surface area contributed by atoms with Gasteiger partial charge in [-0.25, -0.2) is 0 Å². The van der Waals surface area contributed by atoms with Gasteiger partial charge < -0.3 is 15.6 Å². The zero-order valence-corrected chi connectivity index (χ0v) is 11.2. The number of carbonyl (C=O) groups excluding carboxylic acids is 2. The molecule has 0 saturated carbocycles. The average molecular weight is 303 g/mol. The fourth-order valence-electron chi connectivity index (χ4n) is 2.50. The number of primary amides is 1. The van der Waals surface area contributed by atoms with Crippen LogP contribution in [-0.4, -0.2) is 41.0 Å². The number of rotatable bonds is 3. The quantitative estimate of drug-likeness (QED) is 0.894. The molecule has 3 N–H and O–H groups in total. The average Bonchev–Trinajstić information content (AvgIpc) is 2.86. The van der Waals surface area contributed by atoms with Gasteiger partial charge >= 0.3 is 6.18 Å². The monoisotopic (exact) mass is 303 g/mol. The van der Waals surface area contributed by atoms with Crippen molar-refractivity contribution < 1.29 is 22.8 Å². The first-order valence-corrected chi connectivity index (χ1v) is 6.60. The number of alkyl halides is 3. The van der Waals surface area contributed by atoms with Crippen molar-refractivity contribution in [3.8, 4) is 0 Å². The molecule has 1 aliphatic heterocycles. The van der Waals surface area contributed by atoms with Gasteiger partial charge in [-0.3, -0.25) is 9.59 Å². The van der Waals surface area contributed by atoms with Crippen LogP contribution in [0, 0.1) is 5.92 Å². The minimum atomic E-state index is -4.16. The molecule has 116 valence electrons. The molecule has 2 heterocycles. The van der Waals surface area contributed by atoms with Gasteiger partial charge in [0.25, 0.3) is 5.91 Å². The normalized spacial score (nSPS) is 17.0. The summed E-state index contributed by atoms with van der Waals surface area (Å²) in [5.74, 6) is -1.40. The Bertz CT molecular complexity index is 531. The number of amides is 2. The largest absolute Gasteiger partial charge is 0.389 e. The number of hydrogen-bond donors (Lipinski definition) is 2. The van der Waals surface area contributed by atoms with Crippen LogP contribution in [0.1, 0.15) is 40.1 Å². The molecule has 0 bridgehead atoms. The lowest BCUT2D eigenvalue weighted by Gasteiger charge is -2.32. The Kier molecular flexibility index (Phi) is 4.24. The van der Waals surface area contributed by atoms with E-state index in [9.17, 15) is 22.8 Å². The van der Waals surface area contributed by atoms with Crippen molar-refractivity contribution in [1.82, 2.24) is 9.88 Å². The Morgan fingerprint density at radius 2 is 1.95 bits per heavy atom.